The van der Waals surface area contributed by atoms with E-state index in [4.69, 9.17) is 4.74 Å². The Morgan fingerprint density at radius 3 is 2.40 bits per heavy atom. The van der Waals surface area contributed by atoms with Crippen LogP contribution in [0.25, 0.3) is 0 Å². The molecule has 1 unspecified atom stereocenters. The minimum Gasteiger partial charge on any atom is -0.444 e. The zero-order chi connectivity index (χ0) is 14.6. The molecule has 2 fully saturated rings. The van der Waals surface area contributed by atoms with Crippen LogP contribution in [0.5, 0.6) is 0 Å². The Bertz CT molecular complexity index is 315. The van der Waals surface area contributed by atoms with Crippen molar-refractivity contribution in [1.29, 1.82) is 0 Å². The number of hydrogen-bond acceptors (Lipinski definition) is 3. The quantitative estimate of drug-likeness (QED) is 0.787. The van der Waals surface area contributed by atoms with E-state index < -0.39 is 5.60 Å². The maximum Gasteiger partial charge on any atom is 0.407 e. The molecule has 0 radical (unpaired) electrons. The number of ether oxygens (including phenoxy) is 1. The third-order valence-corrected chi connectivity index (χ3v) is 4.20. The molecule has 0 aliphatic heterocycles. The average Bonchev–Trinajstić information content (AvgIpc) is 3.00. The van der Waals surface area contributed by atoms with Crippen LogP contribution in [0.3, 0.4) is 0 Å². The summed E-state index contributed by atoms with van der Waals surface area (Å²) in [5.41, 5.74) is -0.422. The second kappa shape index (κ2) is 6.79. The van der Waals surface area contributed by atoms with Gasteiger partial charge in [0, 0.05) is 12.6 Å². The Kier molecular flexibility index (Phi) is 5.30. The molecule has 2 N–H and O–H groups in total. The highest BCUT2D eigenvalue weighted by molar-refractivity contribution is 5.67. The maximum atomic E-state index is 11.8. The molecule has 20 heavy (non-hydrogen) atoms. The van der Waals surface area contributed by atoms with Gasteiger partial charge < -0.3 is 15.4 Å². The third kappa shape index (κ3) is 5.70. The van der Waals surface area contributed by atoms with Crippen LogP contribution in [0.2, 0.25) is 0 Å². The van der Waals surface area contributed by atoms with E-state index in [2.05, 4.69) is 10.6 Å². The van der Waals surface area contributed by atoms with E-state index in [0.29, 0.717) is 18.5 Å². The highest BCUT2D eigenvalue weighted by Gasteiger charge is 2.28. The molecule has 4 nitrogen and oxygen atoms in total. The smallest absolute Gasteiger partial charge is 0.407 e. The summed E-state index contributed by atoms with van der Waals surface area (Å²) in [6.07, 6.45) is 7.68. The van der Waals surface area contributed by atoms with Crippen molar-refractivity contribution < 1.29 is 9.53 Å². The molecule has 2 aliphatic rings. The number of carbonyl (C=O) groups is 1. The van der Waals surface area contributed by atoms with Crippen LogP contribution in [0.4, 0.5) is 4.79 Å². The van der Waals surface area contributed by atoms with Crippen molar-refractivity contribution in [3.05, 3.63) is 0 Å². The standard InChI is InChI=1S/C16H30N2O2/c1-16(2,3)20-15(19)18-11-14(13-6-4-5-7-13)17-10-12-8-9-12/h12-14,17H,4-11H2,1-3H3,(H,18,19). The van der Waals surface area contributed by atoms with Crippen LogP contribution in [0.15, 0.2) is 0 Å². The lowest BCUT2D eigenvalue weighted by Gasteiger charge is -2.26. The van der Waals surface area contributed by atoms with Crippen molar-refractivity contribution >= 4 is 6.09 Å². The van der Waals surface area contributed by atoms with E-state index in [0.717, 1.165) is 12.5 Å². The molecule has 0 aromatic rings. The maximum absolute atomic E-state index is 11.8. The summed E-state index contributed by atoms with van der Waals surface area (Å²) in [5.74, 6) is 1.59. The van der Waals surface area contributed by atoms with E-state index in [9.17, 15) is 4.79 Å². The van der Waals surface area contributed by atoms with Gasteiger partial charge in [0.1, 0.15) is 5.60 Å². The van der Waals surface area contributed by atoms with Gasteiger partial charge in [-0.25, -0.2) is 4.79 Å². The van der Waals surface area contributed by atoms with E-state index in [1.54, 1.807) is 0 Å². The van der Waals surface area contributed by atoms with Crippen molar-refractivity contribution in [2.24, 2.45) is 11.8 Å². The van der Waals surface area contributed by atoms with Crippen LogP contribution in [-0.2, 0) is 4.74 Å². The van der Waals surface area contributed by atoms with Crippen LogP contribution in [-0.4, -0.2) is 30.8 Å². The Hall–Kier alpha value is -0.770. The minimum absolute atomic E-state index is 0.297. The Balaban J connectivity index is 1.75. The van der Waals surface area contributed by atoms with Gasteiger partial charge in [0.2, 0.25) is 0 Å². The van der Waals surface area contributed by atoms with Crippen LogP contribution in [0.1, 0.15) is 59.3 Å². The molecule has 0 aromatic heterocycles. The molecule has 2 saturated carbocycles. The highest BCUT2D eigenvalue weighted by Crippen LogP contribution is 2.30. The monoisotopic (exact) mass is 282 g/mol. The second-order valence-electron chi connectivity index (χ2n) is 7.39. The first-order chi connectivity index (χ1) is 9.44. The minimum atomic E-state index is -0.422. The largest absolute Gasteiger partial charge is 0.444 e. The van der Waals surface area contributed by atoms with Gasteiger partial charge in [0.05, 0.1) is 0 Å². The molecule has 0 heterocycles. The number of nitrogens with one attached hydrogen (secondary N) is 2. The van der Waals surface area contributed by atoms with Gasteiger partial charge >= 0.3 is 6.09 Å². The van der Waals surface area contributed by atoms with E-state index in [-0.39, 0.29) is 6.09 Å². The van der Waals surface area contributed by atoms with Gasteiger partial charge in [-0.2, -0.15) is 0 Å². The number of alkyl carbamates (subject to hydrolysis) is 1. The number of rotatable bonds is 6. The fraction of sp³-hybridized carbons (Fsp3) is 0.938. The highest BCUT2D eigenvalue weighted by atomic mass is 16.6. The van der Waals surface area contributed by atoms with E-state index in [1.807, 2.05) is 20.8 Å². The van der Waals surface area contributed by atoms with Gasteiger partial charge in [-0.1, -0.05) is 12.8 Å². The van der Waals surface area contributed by atoms with Crippen molar-refractivity contribution in [1.82, 2.24) is 10.6 Å². The van der Waals surface area contributed by atoms with Crippen molar-refractivity contribution in [2.75, 3.05) is 13.1 Å². The van der Waals surface area contributed by atoms with Crippen LogP contribution >= 0.6 is 0 Å². The molecule has 4 heteroatoms. The summed E-state index contributed by atoms with van der Waals surface area (Å²) in [7, 11) is 0. The first-order valence-corrected chi connectivity index (χ1v) is 8.14. The topological polar surface area (TPSA) is 50.4 Å². The molecule has 0 aromatic carbocycles. The van der Waals surface area contributed by atoms with Gasteiger partial charge in [-0.15, -0.1) is 0 Å². The third-order valence-electron chi connectivity index (χ3n) is 4.20. The van der Waals surface area contributed by atoms with Gasteiger partial charge in [-0.3, -0.25) is 0 Å². The fourth-order valence-electron chi connectivity index (χ4n) is 2.91. The zero-order valence-corrected chi connectivity index (χ0v) is 13.2. The molecular formula is C16H30N2O2. The lowest BCUT2D eigenvalue weighted by Crippen LogP contribution is -2.46. The Morgan fingerprint density at radius 2 is 1.85 bits per heavy atom. The number of hydrogen-bond donors (Lipinski definition) is 2. The van der Waals surface area contributed by atoms with E-state index >= 15 is 0 Å². The summed E-state index contributed by atoms with van der Waals surface area (Å²) in [6, 6.07) is 0.408. The molecule has 0 saturated heterocycles. The molecule has 1 amide bonds. The molecular weight excluding hydrogens is 252 g/mol. The Morgan fingerprint density at radius 1 is 1.20 bits per heavy atom. The SMILES string of the molecule is CC(C)(C)OC(=O)NCC(NCC1CC1)C1CCCC1. The van der Waals surface area contributed by atoms with E-state index in [1.165, 1.54) is 38.5 Å². The predicted molar refractivity (Wildman–Crippen MR) is 80.7 cm³/mol. The molecule has 0 spiro atoms. The molecule has 0 bridgehead atoms. The normalized spacial score (nSPS) is 21.8. The number of amides is 1. The molecule has 1 atom stereocenters. The lowest BCUT2D eigenvalue weighted by molar-refractivity contribution is 0.0518. The molecule has 116 valence electrons. The van der Waals surface area contributed by atoms with Crippen molar-refractivity contribution in [3.8, 4) is 0 Å². The van der Waals surface area contributed by atoms with Gasteiger partial charge in [0.25, 0.3) is 0 Å². The fourth-order valence-corrected chi connectivity index (χ4v) is 2.91. The van der Waals surface area contributed by atoms with Crippen molar-refractivity contribution in [2.45, 2.75) is 70.9 Å². The van der Waals surface area contributed by atoms with Crippen LogP contribution in [0, 0.1) is 11.8 Å². The number of carbonyl (C=O) groups excluding carboxylic acids is 1. The average molecular weight is 282 g/mol. The first-order valence-electron chi connectivity index (χ1n) is 8.14. The Labute approximate surface area is 123 Å². The van der Waals surface area contributed by atoms with Gasteiger partial charge in [0.15, 0.2) is 0 Å². The summed E-state index contributed by atoms with van der Waals surface area (Å²) >= 11 is 0. The second-order valence-corrected chi connectivity index (χ2v) is 7.39. The molecule has 2 aliphatic carbocycles. The summed E-state index contributed by atoms with van der Waals surface area (Å²) in [5, 5.41) is 6.61. The first kappa shape index (κ1) is 15.6. The predicted octanol–water partition coefficient (Wildman–Crippen LogP) is 3.07. The summed E-state index contributed by atoms with van der Waals surface area (Å²) < 4.78 is 5.31. The summed E-state index contributed by atoms with van der Waals surface area (Å²) in [6.45, 7) is 7.48. The summed E-state index contributed by atoms with van der Waals surface area (Å²) in [4.78, 5) is 11.8. The van der Waals surface area contributed by atoms with Crippen molar-refractivity contribution in [3.63, 3.8) is 0 Å². The molecule has 2 rings (SSSR count). The lowest BCUT2D eigenvalue weighted by atomic mass is 9.98. The van der Waals surface area contributed by atoms with Crippen LogP contribution < -0.4 is 10.6 Å². The van der Waals surface area contributed by atoms with Gasteiger partial charge in [-0.05, 0) is 64.8 Å². The zero-order valence-electron chi connectivity index (χ0n) is 13.2.